The van der Waals surface area contributed by atoms with Gasteiger partial charge in [-0.05, 0) is 62.1 Å². The maximum absolute atomic E-state index is 5.45. The zero-order valence-corrected chi connectivity index (χ0v) is 12.4. The molecule has 1 N–H and O–H groups in total. The molecule has 0 aliphatic carbocycles. The predicted molar refractivity (Wildman–Crippen MR) is 74.0 cm³/mol. The lowest BCUT2D eigenvalue weighted by atomic mass is 10.4. The van der Waals surface area contributed by atoms with Crippen LogP contribution in [0.1, 0.15) is 10.6 Å². The zero-order chi connectivity index (χ0) is 10.7. The third-order valence-corrected chi connectivity index (χ3v) is 4.41. The van der Waals surface area contributed by atoms with Crippen LogP contribution in [-0.4, -0.2) is 0 Å². The number of hydrogen-bond donors (Lipinski definition) is 1. The van der Waals surface area contributed by atoms with Crippen molar-refractivity contribution in [3.63, 3.8) is 0 Å². The summed E-state index contributed by atoms with van der Waals surface area (Å²) >= 11 is 7.42. The van der Waals surface area contributed by atoms with E-state index >= 15 is 0 Å². The van der Waals surface area contributed by atoms with Crippen LogP contribution in [0, 0.1) is 3.77 Å². The molecule has 0 saturated carbocycles. The molecule has 0 fully saturated rings. The summed E-state index contributed by atoms with van der Waals surface area (Å²) < 4.78 is 7.56. The minimum atomic E-state index is 0.771. The van der Waals surface area contributed by atoms with Gasteiger partial charge >= 0.3 is 0 Å². The van der Waals surface area contributed by atoms with Gasteiger partial charge in [0.05, 0.1) is 6.54 Å². The SMILES string of the molecule is Brc1ccsc1CNCc1ccc(I)o1. The molecule has 2 heterocycles. The lowest BCUT2D eigenvalue weighted by Gasteiger charge is -2.00. The monoisotopic (exact) mass is 397 g/mol. The summed E-state index contributed by atoms with van der Waals surface area (Å²) in [6.45, 7) is 1.64. The number of rotatable bonds is 4. The Labute approximate surface area is 114 Å². The highest BCUT2D eigenvalue weighted by Gasteiger charge is 2.02. The lowest BCUT2D eigenvalue weighted by molar-refractivity contribution is 0.463. The summed E-state index contributed by atoms with van der Waals surface area (Å²) in [6, 6.07) is 6.04. The second kappa shape index (κ2) is 5.47. The minimum absolute atomic E-state index is 0.771. The van der Waals surface area contributed by atoms with E-state index in [2.05, 4.69) is 55.3 Å². The van der Waals surface area contributed by atoms with E-state index < -0.39 is 0 Å². The fraction of sp³-hybridized carbons (Fsp3) is 0.200. The Morgan fingerprint density at radius 3 is 2.80 bits per heavy atom. The van der Waals surface area contributed by atoms with Crippen LogP contribution in [0.5, 0.6) is 0 Å². The van der Waals surface area contributed by atoms with Crippen molar-refractivity contribution in [2.75, 3.05) is 0 Å². The van der Waals surface area contributed by atoms with E-state index in [1.807, 2.05) is 12.1 Å². The third-order valence-electron chi connectivity index (χ3n) is 1.90. The molecule has 80 valence electrons. The molecule has 2 aromatic heterocycles. The van der Waals surface area contributed by atoms with E-state index in [4.69, 9.17) is 4.42 Å². The molecule has 0 amide bonds. The van der Waals surface area contributed by atoms with E-state index in [0.717, 1.165) is 22.6 Å². The molecular formula is C10H9BrINOS. The molecule has 5 heteroatoms. The van der Waals surface area contributed by atoms with Gasteiger partial charge in [0.2, 0.25) is 0 Å². The van der Waals surface area contributed by atoms with Gasteiger partial charge in [-0.15, -0.1) is 11.3 Å². The highest BCUT2D eigenvalue weighted by atomic mass is 127. The van der Waals surface area contributed by atoms with Crippen LogP contribution < -0.4 is 5.32 Å². The maximum Gasteiger partial charge on any atom is 0.164 e. The van der Waals surface area contributed by atoms with Crippen LogP contribution in [-0.2, 0) is 13.1 Å². The van der Waals surface area contributed by atoms with Crippen LogP contribution >= 0.6 is 49.9 Å². The van der Waals surface area contributed by atoms with Crippen LogP contribution in [0.15, 0.2) is 32.5 Å². The Kier molecular flexibility index (Phi) is 4.24. The Balaban J connectivity index is 1.83. The molecule has 15 heavy (non-hydrogen) atoms. The first kappa shape index (κ1) is 11.6. The molecule has 0 unspecified atom stereocenters. The zero-order valence-electron chi connectivity index (χ0n) is 7.80. The Bertz CT molecular complexity index is 440. The first-order valence-electron chi connectivity index (χ1n) is 4.42. The standard InChI is InChI=1S/C10H9BrINOS/c11-8-3-4-15-9(8)6-13-5-7-1-2-10(12)14-7/h1-4,13H,5-6H2. The highest BCUT2D eigenvalue weighted by Crippen LogP contribution is 2.22. The number of nitrogens with one attached hydrogen (secondary N) is 1. The van der Waals surface area contributed by atoms with Crippen molar-refractivity contribution >= 4 is 49.9 Å². The average molecular weight is 398 g/mol. The van der Waals surface area contributed by atoms with Gasteiger partial charge in [0, 0.05) is 15.9 Å². The third kappa shape index (κ3) is 3.30. The van der Waals surface area contributed by atoms with Gasteiger partial charge in [0.1, 0.15) is 5.76 Å². The van der Waals surface area contributed by atoms with Crippen LogP contribution in [0.4, 0.5) is 0 Å². The lowest BCUT2D eigenvalue weighted by Crippen LogP contribution is -2.11. The Morgan fingerprint density at radius 2 is 2.20 bits per heavy atom. The van der Waals surface area contributed by atoms with Gasteiger partial charge < -0.3 is 9.73 Å². The Hall–Kier alpha value is 0.150. The van der Waals surface area contributed by atoms with E-state index in [0.29, 0.717) is 0 Å². The van der Waals surface area contributed by atoms with Gasteiger partial charge in [0.25, 0.3) is 0 Å². The largest absolute Gasteiger partial charge is 0.454 e. The molecule has 0 atom stereocenters. The number of halogens is 2. The molecule has 0 aliphatic rings. The van der Waals surface area contributed by atoms with Gasteiger partial charge in [-0.2, -0.15) is 0 Å². The van der Waals surface area contributed by atoms with Crippen LogP contribution in [0.2, 0.25) is 0 Å². The molecule has 2 nitrogen and oxygen atoms in total. The molecule has 0 aromatic carbocycles. The second-order valence-electron chi connectivity index (χ2n) is 3.00. The fourth-order valence-corrected chi connectivity index (χ4v) is 3.12. The van der Waals surface area contributed by atoms with Crippen molar-refractivity contribution in [1.29, 1.82) is 0 Å². The molecule has 0 spiro atoms. The molecule has 0 aliphatic heterocycles. The van der Waals surface area contributed by atoms with Crippen LogP contribution in [0.25, 0.3) is 0 Å². The molecule has 2 aromatic rings. The molecule has 2 rings (SSSR count). The van der Waals surface area contributed by atoms with Gasteiger partial charge in [-0.1, -0.05) is 0 Å². The quantitative estimate of drug-likeness (QED) is 0.789. The van der Waals surface area contributed by atoms with Crippen molar-refractivity contribution < 1.29 is 4.42 Å². The summed E-state index contributed by atoms with van der Waals surface area (Å²) in [5, 5.41) is 5.42. The molecule has 0 saturated heterocycles. The minimum Gasteiger partial charge on any atom is -0.454 e. The van der Waals surface area contributed by atoms with E-state index in [1.54, 1.807) is 11.3 Å². The Morgan fingerprint density at radius 1 is 1.33 bits per heavy atom. The summed E-state index contributed by atoms with van der Waals surface area (Å²) in [7, 11) is 0. The van der Waals surface area contributed by atoms with Crippen LogP contribution in [0.3, 0.4) is 0 Å². The summed E-state index contributed by atoms with van der Waals surface area (Å²) in [6.07, 6.45) is 0. The van der Waals surface area contributed by atoms with Crippen molar-refractivity contribution in [2.45, 2.75) is 13.1 Å². The van der Waals surface area contributed by atoms with E-state index in [1.165, 1.54) is 9.35 Å². The highest BCUT2D eigenvalue weighted by molar-refractivity contribution is 14.1. The average Bonchev–Trinajstić information content (AvgIpc) is 2.77. The molecule has 0 radical (unpaired) electrons. The maximum atomic E-state index is 5.45. The molecular weight excluding hydrogens is 389 g/mol. The number of hydrogen-bond acceptors (Lipinski definition) is 3. The van der Waals surface area contributed by atoms with Crippen molar-refractivity contribution in [3.05, 3.63) is 42.5 Å². The van der Waals surface area contributed by atoms with E-state index in [9.17, 15) is 0 Å². The summed E-state index contributed by atoms with van der Waals surface area (Å²) in [5.74, 6) is 0.979. The fourth-order valence-electron chi connectivity index (χ4n) is 1.20. The van der Waals surface area contributed by atoms with Gasteiger partial charge in [-0.25, -0.2) is 0 Å². The predicted octanol–water partition coefficient (Wildman–Crippen LogP) is 4.00. The topological polar surface area (TPSA) is 25.2 Å². The van der Waals surface area contributed by atoms with Gasteiger partial charge in [0.15, 0.2) is 3.77 Å². The second-order valence-corrected chi connectivity index (χ2v) is 5.92. The number of thiophene rings is 1. The normalized spacial score (nSPS) is 10.8. The number of furan rings is 1. The van der Waals surface area contributed by atoms with Crippen molar-refractivity contribution in [3.8, 4) is 0 Å². The molecule has 0 bridgehead atoms. The first-order valence-corrected chi connectivity index (χ1v) is 7.17. The van der Waals surface area contributed by atoms with Crippen molar-refractivity contribution in [1.82, 2.24) is 5.32 Å². The summed E-state index contributed by atoms with van der Waals surface area (Å²) in [5.41, 5.74) is 0. The first-order chi connectivity index (χ1) is 7.25. The summed E-state index contributed by atoms with van der Waals surface area (Å²) in [4.78, 5) is 1.32. The van der Waals surface area contributed by atoms with Gasteiger partial charge in [-0.3, -0.25) is 0 Å². The van der Waals surface area contributed by atoms with Crippen molar-refractivity contribution in [2.24, 2.45) is 0 Å². The smallest absolute Gasteiger partial charge is 0.164 e. The van der Waals surface area contributed by atoms with E-state index in [-0.39, 0.29) is 0 Å².